The number of amides is 1. The Morgan fingerprint density at radius 3 is 2.90 bits per heavy atom. The smallest absolute Gasteiger partial charge is 0.261 e. The van der Waals surface area contributed by atoms with Gasteiger partial charge in [0.25, 0.3) is 11.5 Å². The minimum Gasteiger partial charge on any atom is -0.391 e. The summed E-state index contributed by atoms with van der Waals surface area (Å²) in [6.07, 6.45) is 0.969. The number of aliphatic hydroxyl groups is 1. The fourth-order valence-electron chi connectivity index (χ4n) is 2.96. The van der Waals surface area contributed by atoms with Crippen LogP contribution in [0.15, 0.2) is 29.1 Å². The van der Waals surface area contributed by atoms with E-state index in [1.165, 1.54) is 0 Å². The summed E-state index contributed by atoms with van der Waals surface area (Å²) >= 11 is 0. The van der Waals surface area contributed by atoms with Gasteiger partial charge >= 0.3 is 0 Å². The number of benzene rings is 1. The number of likely N-dealkylation sites (tertiary alicyclic amines) is 1. The van der Waals surface area contributed by atoms with Crippen molar-refractivity contribution in [2.75, 3.05) is 13.1 Å². The van der Waals surface area contributed by atoms with Gasteiger partial charge in [-0.25, -0.2) is 0 Å². The highest BCUT2D eigenvalue weighted by Gasteiger charge is 2.26. The summed E-state index contributed by atoms with van der Waals surface area (Å²) in [5.74, 6) is -0.293. The van der Waals surface area contributed by atoms with Crippen LogP contribution in [0.25, 0.3) is 10.9 Å². The van der Waals surface area contributed by atoms with Crippen LogP contribution in [0.5, 0.6) is 0 Å². The van der Waals surface area contributed by atoms with E-state index in [1.54, 1.807) is 11.8 Å². The van der Waals surface area contributed by atoms with E-state index in [4.69, 9.17) is 0 Å². The van der Waals surface area contributed by atoms with Crippen LogP contribution in [0, 0.1) is 6.92 Å². The first-order valence-corrected chi connectivity index (χ1v) is 7.17. The average Bonchev–Trinajstić information content (AvgIpc) is 2.47. The third kappa shape index (κ3) is 2.45. The number of carbonyl (C=O) groups excluding carboxylic acids is 1. The van der Waals surface area contributed by atoms with E-state index in [1.807, 2.05) is 24.3 Å². The molecule has 1 unspecified atom stereocenters. The lowest BCUT2D eigenvalue weighted by atomic mass is 10.0. The summed E-state index contributed by atoms with van der Waals surface area (Å²) in [6, 6.07) is 7.44. The molecule has 0 saturated carbocycles. The normalized spacial score (nSPS) is 19.0. The number of nitrogens with zero attached hydrogens (tertiary/aromatic N) is 1. The van der Waals surface area contributed by atoms with E-state index < -0.39 is 6.10 Å². The summed E-state index contributed by atoms with van der Waals surface area (Å²) < 4.78 is 0. The maximum atomic E-state index is 12.6. The Morgan fingerprint density at radius 2 is 2.14 bits per heavy atom. The number of aryl methyl sites for hydroxylation is 1. The molecule has 3 rings (SSSR count). The lowest BCUT2D eigenvalue weighted by Crippen LogP contribution is -2.44. The number of aromatic nitrogens is 1. The first kappa shape index (κ1) is 13.8. The molecule has 2 heterocycles. The molecular weight excluding hydrogens is 268 g/mol. The van der Waals surface area contributed by atoms with Crippen molar-refractivity contribution < 1.29 is 9.90 Å². The third-order valence-corrected chi connectivity index (χ3v) is 4.08. The predicted octanol–water partition coefficient (Wildman–Crippen LogP) is 1.43. The molecule has 1 saturated heterocycles. The second-order valence-corrected chi connectivity index (χ2v) is 5.55. The summed E-state index contributed by atoms with van der Waals surface area (Å²) in [6.45, 7) is 2.68. The second kappa shape index (κ2) is 5.33. The molecule has 0 bridgehead atoms. The van der Waals surface area contributed by atoms with Crippen molar-refractivity contribution in [3.63, 3.8) is 0 Å². The predicted molar refractivity (Wildman–Crippen MR) is 80.5 cm³/mol. The maximum absolute atomic E-state index is 12.6. The molecule has 1 amide bonds. The molecule has 1 fully saturated rings. The average molecular weight is 286 g/mol. The van der Waals surface area contributed by atoms with Crippen molar-refractivity contribution in [1.82, 2.24) is 9.88 Å². The van der Waals surface area contributed by atoms with Gasteiger partial charge in [-0.2, -0.15) is 0 Å². The molecule has 0 spiro atoms. The summed E-state index contributed by atoms with van der Waals surface area (Å²) in [4.78, 5) is 29.2. The monoisotopic (exact) mass is 286 g/mol. The van der Waals surface area contributed by atoms with Crippen LogP contribution in [-0.4, -0.2) is 40.1 Å². The van der Waals surface area contributed by atoms with E-state index in [0.717, 1.165) is 17.3 Å². The van der Waals surface area contributed by atoms with Crippen LogP contribution < -0.4 is 5.56 Å². The van der Waals surface area contributed by atoms with E-state index >= 15 is 0 Å². The van der Waals surface area contributed by atoms with Crippen LogP contribution in [0.3, 0.4) is 0 Å². The minimum absolute atomic E-state index is 0.183. The lowest BCUT2D eigenvalue weighted by Gasteiger charge is -2.30. The standard InChI is InChI=1S/C16H18N2O3/c1-10-12-6-2-3-7-13(12)17-15(20)14(10)16(21)18-8-4-5-11(19)9-18/h2-3,6-7,11,19H,4-5,8-9H2,1H3,(H,17,20). The Labute approximate surface area is 122 Å². The van der Waals surface area contributed by atoms with Crippen LogP contribution in [0.1, 0.15) is 28.8 Å². The Kier molecular flexibility index (Phi) is 3.51. The summed E-state index contributed by atoms with van der Waals surface area (Å²) in [5, 5.41) is 10.6. The number of aromatic amines is 1. The number of para-hydroxylation sites is 1. The second-order valence-electron chi connectivity index (χ2n) is 5.55. The van der Waals surface area contributed by atoms with E-state index in [9.17, 15) is 14.7 Å². The zero-order chi connectivity index (χ0) is 15.0. The molecule has 1 aliphatic heterocycles. The molecule has 21 heavy (non-hydrogen) atoms. The first-order chi connectivity index (χ1) is 10.1. The molecule has 1 aliphatic rings. The molecule has 5 nitrogen and oxygen atoms in total. The third-order valence-electron chi connectivity index (χ3n) is 4.08. The lowest BCUT2D eigenvalue weighted by molar-refractivity contribution is 0.0472. The van der Waals surface area contributed by atoms with Crippen molar-refractivity contribution >= 4 is 16.8 Å². The van der Waals surface area contributed by atoms with Gasteiger partial charge in [0.15, 0.2) is 0 Å². The SMILES string of the molecule is Cc1c(C(=O)N2CCCC(O)C2)c(=O)[nH]c2ccccc12. The molecule has 5 heteroatoms. The number of fused-ring (bicyclic) bond motifs is 1. The Balaban J connectivity index is 2.07. The van der Waals surface area contributed by atoms with Crippen LogP contribution in [0.2, 0.25) is 0 Å². The number of hydrogen-bond donors (Lipinski definition) is 2. The van der Waals surface area contributed by atoms with Gasteiger partial charge in [0.2, 0.25) is 0 Å². The fourth-order valence-corrected chi connectivity index (χ4v) is 2.96. The molecule has 1 atom stereocenters. The van der Waals surface area contributed by atoms with Crippen LogP contribution >= 0.6 is 0 Å². The van der Waals surface area contributed by atoms with Gasteiger partial charge in [-0.3, -0.25) is 9.59 Å². The van der Waals surface area contributed by atoms with Crippen molar-refractivity contribution in [3.8, 4) is 0 Å². The van der Waals surface area contributed by atoms with Gasteiger partial charge in [-0.05, 0) is 31.4 Å². The summed E-state index contributed by atoms with van der Waals surface area (Å²) in [5.41, 5.74) is 1.24. The number of hydrogen-bond acceptors (Lipinski definition) is 3. The number of β-amino-alcohol motifs (C(OH)–C–C–N with tert-alkyl or cyclic N) is 1. The number of carbonyl (C=O) groups is 1. The number of aliphatic hydroxyl groups excluding tert-OH is 1. The number of rotatable bonds is 1. The largest absolute Gasteiger partial charge is 0.391 e. The molecule has 0 radical (unpaired) electrons. The van der Waals surface area contributed by atoms with Gasteiger partial charge in [-0.15, -0.1) is 0 Å². The van der Waals surface area contributed by atoms with Gasteiger partial charge in [0.1, 0.15) is 5.56 Å². The van der Waals surface area contributed by atoms with Gasteiger partial charge in [0, 0.05) is 24.0 Å². The van der Waals surface area contributed by atoms with Gasteiger partial charge < -0.3 is 15.0 Å². The fraction of sp³-hybridized carbons (Fsp3) is 0.375. The van der Waals surface area contributed by atoms with E-state index in [-0.39, 0.29) is 17.0 Å². The molecule has 0 aliphatic carbocycles. The van der Waals surface area contributed by atoms with Crippen molar-refractivity contribution in [1.29, 1.82) is 0 Å². The zero-order valence-electron chi connectivity index (χ0n) is 11.9. The van der Waals surface area contributed by atoms with Gasteiger partial charge in [-0.1, -0.05) is 18.2 Å². The van der Waals surface area contributed by atoms with E-state index in [0.29, 0.717) is 25.1 Å². The Bertz CT molecular complexity index is 751. The molecule has 1 aromatic heterocycles. The zero-order valence-corrected chi connectivity index (χ0v) is 11.9. The highest BCUT2D eigenvalue weighted by Crippen LogP contribution is 2.19. The van der Waals surface area contributed by atoms with Crippen molar-refractivity contribution in [2.45, 2.75) is 25.9 Å². The number of pyridine rings is 1. The molecule has 1 aromatic carbocycles. The van der Waals surface area contributed by atoms with Crippen molar-refractivity contribution in [2.24, 2.45) is 0 Å². The highest BCUT2D eigenvalue weighted by molar-refractivity contribution is 5.99. The Morgan fingerprint density at radius 1 is 1.38 bits per heavy atom. The molecule has 2 N–H and O–H groups in total. The molecule has 110 valence electrons. The molecular formula is C16H18N2O3. The number of piperidine rings is 1. The van der Waals surface area contributed by atoms with Gasteiger partial charge in [0.05, 0.1) is 6.10 Å². The topological polar surface area (TPSA) is 73.4 Å². The summed E-state index contributed by atoms with van der Waals surface area (Å²) in [7, 11) is 0. The highest BCUT2D eigenvalue weighted by atomic mass is 16.3. The van der Waals surface area contributed by atoms with Crippen LogP contribution in [0.4, 0.5) is 0 Å². The quantitative estimate of drug-likeness (QED) is 0.833. The minimum atomic E-state index is -0.498. The first-order valence-electron chi connectivity index (χ1n) is 7.17. The van der Waals surface area contributed by atoms with E-state index in [2.05, 4.69) is 4.98 Å². The maximum Gasteiger partial charge on any atom is 0.261 e. The number of nitrogens with one attached hydrogen (secondary N) is 1. The number of H-pyrrole nitrogens is 1. The van der Waals surface area contributed by atoms with Crippen molar-refractivity contribution in [3.05, 3.63) is 45.7 Å². The Hall–Kier alpha value is -2.14. The van der Waals surface area contributed by atoms with Crippen LogP contribution in [-0.2, 0) is 0 Å². The molecule has 2 aromatic rings.